The van der Waals surface area contributed by atoms with Crippen LogP contribution >= 0.6 is 0 Å². The first-order valence-corrected chi connectivity index (χ1v) is 4.41. The summed E-state index contributed by atoms with van der Waals surface area (Å²) in [5, 5.41) is 10.8. The van der Waals surface area contributed by atoms with Crippen LogP contribution in [0.3, 0.4) is 0 Å². The first-order chi connectivity index (χ1) is 5.52. The Balaban J connectivity index is 3.02. The molecule has 0 saturated heterocycles. The van der Waals surface area contributed by atoms with Gasteiger partial charge in [0.2, 0.25) is 0 Å². The Hall–Kier alpha value is -1.05. The van der Waals surface area contributed by atoms with E-state index in [2.05, 4.69) is 9.97 Å². The molecule has 1 aromatic rings. The summed E-state index contributed by atoms with van der Waals surface area (Å²) in [6, 6.07) is 1.43. The quantitative estimate of drug-likeness (QED) is 0.649. The smallest absolute Gasteiger partial charge is 0.283 e. The minimum atomic E-state index is -4.64. The molecule has 1 heterocycles. The van der Waals surface area contributed by atoms with E-state index in [4.69, 9.17) is 4.55 Å². The van der Waals surface area contributed by atoms with Gasteiger partial charge in [0.05, 0.1) is 0 Å². The predicted molar refractivity (Wildman–Crippen MR) is 37.0 cm³/mol. The van der Waals surface area contributed by atoms with Gasteiger partial charge in [-0.05, 0) is 6.07 Å². The van der Waals surface area contributed by atoms with E-state index in [9.17, 15) is 13.5 Å². The lowest BCUT2D eigenvalue weighted by atomic mass is 10.6. The number of rotatable bonds is 2. The van der Waals surface area contributed by atoms with Gasteiger partial charge in [0.1, 0.15) is 0 Å². The zero-order valence-corrected chi connectivity index (χ0v) is 6.60. The maximum Gasteiger partial charge on any atom is 0.303 e. The zero-order valence-electron chi connectivity index (χ0n) is 5.78. The summed E-state index contributed by atoms with van der Waals surface area (Å²) in [7, 11) is -4.64. The normalized spacial score (nSPS) is 14.2. The molecule has 0 aliphatic carbocycles. The summed E-state index contributed by atoms with van der Waals surface area (Å²) in [6.45, 7) is 0. The lowest BCUT2D eigenvalue weighted by molar-refractivity contribution is 0.139. The molecule has 0 aliphatic heterocycles. The first-order valence-electron chi connectivity index (χ1n) is 2.91. The van der Waals surface area contributed by atoms with Crippen LogP contribution in [0.1, 0.15) is 11.3 Å². The van der Waals surface area contributed by atoms with Crippen molar-refractivity contribution < 1.29 is 18.1 Å². The highest BCUT2D eigenvalue weighted by Crippen LogP contribution is 2.12. The maximum atomic E-state index is 10.8. The number of aromatic nitrogens is 2. The summed E-state index contributed by atoms with van der Waals surface area (Å²) in [6.07, 6.45) is 2.44. The van der Waals surface area contributed by atoms with Crippen LogP contribution in [-0.2, 0) is 15.2 Å². The monoisotopic (exact) mass is 189 g/mol. The highest BCUT2D eigenvalue weighted by molar-refractivity contribution is 7.85. The van der Waals surface area contributed by atoms with Crippen molar-refractivity contribution in [3.63, 3.8) is 0 Å². The second kappa shape index (κ2) is 3.13. The average molecular weight is 189 g/mol. The SMILES string of the molecule is [O]C(c1ncccn1)S(=O)(=O)O. The highest BCUT2D eigenvalue weighted by Gasteiger charge is 2.26. The number of nitrogens with zero attached hydrogens (tertiary/aromatic N) is 2. The third kappa shape index (κ3) is 1.97. The van der Waals surface area contributed by atoms with Gasteiger partial charge in [0.15, 0.2) is 5.82 Å². The van der Waals surface area contributed by atoms with E-state index < -0.39 is 21.4 Å². The largest absolute Gasteiger partial charge is 0.303 e. The van der Waals surface area contributed by atoms with Crippen molar-refractivity contribution >= 4 is 10.1 Å². The van der Waals surface area contributed by atoms with Gasteiger partial charge >= 0.3 is 10.1 Å². The number of hydrogen-bond acceptors (Lipinski definition) is 4. The molecule has 0 aliphatic rings. The average Bonchev–Trinajstić information content (AvgIpc) is 2.03. The Morgan fingerprint density at radius 2 is 1.83 bits per heavy atom. The number of hydrogen-bond donors (Lipinski definition) is 1. The van der Waals surface area contributed by atoms with E-state index in [1.165, 1.54) is 18.5 Å². The molecular formula is C5H5N2O4S. The van der Waals surface area contributed by atoms with Crippen LogP contribution in [-0.4, -0.2) is 22.9 Å². The van der Waals surface area contributed by atoms with Crippen LogP contribution in [0.4, 0.5) is 0 Å². The fourth-order valence-corrected chi connectivity index (χ4v) is 0.954. The highest BCUT2D eigenvalue weighted by atomic mass is 32.2. The van der Waals surface area contributed by atoms with Crippen molar-refractivity contribution in [1.29, 1.82) is 0 Å². The molecule has 7 heteroatoms. The van der Waals surface area contributed by atoms with E-state index in [0.717, 1.165) is 0 Å². The molecule has 0 bridgehead atoms. The summed E-state index contributed by atoms with van der Waals surface area (Å²) in [4.78, 5) is 6.76. The van der Waals surface area contributed by atoms with Gasteiger partial charge in [-0.3, -0.25) is 4.55 Å². The Morgan fingerprint density at radius 1 is 1.33 bits per heavy atom. The van der Waals surface area contributed by atoms with Crippen LogP contribution in [0.15, 0.2) is 18.5 Å². The molecule has 12 heavy (non-hydrogen) atoms. The molecule has 0 amide bonds. The molecular weight excluding hydrogens is 184 g/mol. The van der Waals surface area contributed by atoms with Gasteiger partial charge in [-0.25, -0.2) is 15.1 Å². The second-order valence-corrected chi connectivity index (χ2v) is 3.41. The van der Waals surface area contributed by atoms with Crippen LogP contribution in [0, 0.1) is 0 Å². The molecule has 1 aromatic heterocycles. The Morgan fingerprint density at radius 3 is 2.25 bits per heavy atom. The van der Waals surface area contributed by atoms with E-state index in [-0.39, 0.29) is 0 Å². The summed E-state index contributed by atoms with van der Waals surface area (Å²) in [5.74, 6) is -0.458. The molecule has 1 atom stereocenters. The van der Waals surface area contributed by atoms with Crippen LogP contribution < -0.4 is 0 Å². The van der Waals surface area contributed by atoms with Crippen LogP contribution in [0.25, 0.3) is 0 Å². The van der Waals surface area contributed by atoms with Crippen molar-refractivity contribution in [2.24, 2.45) is 0 Å². The molecule has 65 valence electrons. The van der Waals surface area contributed by atoms with Gasteiger partial charge in [-0.2, -0.15) is 8.42 Å². The minimum absolute atomic E-state index is 0.458. The van der Waals surface area contributed by atoms with Gasteiger partial charge in [-0.1, -0.05) is 0 Å². The molecule has 6 nitrogen and oxygen atoms in total. The Labute approximate surface area is 68.7 Å². The molecule has 0 aromatic carbocycles. The lowest BCUT2D eigenvalue weighted by Crippen LogP contribution is -2.12. The molecule has 0 fully saturated rings. The molecule has 0 saturated carbocycles. The van der Waals surface area contributed by atoms with Crippen molar-refractivity contribution in [3.8, 4) is 0 Å². The second-order valence-electron chi connectivity index (χ2n) is 1.95. The van der Waals surface area contributed by atoms with Gasteiger partial charge < -0.3 is 0 Å². The van der Waals surface area contributed by atoms with Crippen LogP contribution in [0.5, 0.6) is 0 Å². The van der Waals surface area contributed by atoms with Crippen molar-refractivity contribution in [1.82, 2.24) is 9.97 Å². The maximum absolute atomic E-state index is 10.8. The third-order valence-corrected chi connectivity index (χ3v) is 1.82. The molecule has 1 N–H and O–H groups in total. The standard InChI is InChI=1S/C5H5N2O4S/c8-5(12(9,10)11)4-6-2-1-3-7-4/h1-3,5H,(H,9,10,11). The summed E-state index contributed by atoms with van der Waals surface area (Å²) < 4.78 is 28.9. The molecule has 1 radical (unpaired) electrons. The first kappa shape index (κ1) is 9.04. The fraction of sp³-hybridized carbons (Fsp3) is 0.200. The topological polar surface area (TPSA) is 100 Å². The van der Waals surface area contributed by atoms with E-state index in [0.29, 0.717) is 0 Å². The molecule has 1 unspecified atom stereocenters. The van der Waals surface area contributed by atoms with Gasteiger partial charge in [0, 0.05) is 12.4 Å². The molecule has 0 spiro atoms. The predicted octanol–water partition coefficient (Wildman–Crippen LogP) is -0.207. The van der Waals surface area contributed by atoms with E-state index in [1.54, 1.807) is 0 Å². The summed E-state index contributed by atoms with van der Waals surface area (Å²) in [5.41, 5.74) is -2.32. The van der Waals surface area contributed by atoms with Gasteiger partial charge in [0.25, 0.3) is 5.44 Å². The lowest BCUT2D eigenvalue weighted by Gasteiger charge is -2.00. The van der Waals surface area contributed by atoms with Crippen molar-refractivity contribution in [2.45, 2.75) is 5.44 Å². The van der Waals surface area contributed by atoms with E-state index in [1.807, 2.05) is 0 Å². The fourth-order valence-electron chi connectivity index (χ4n) is 0.566. The Kier molecular flexibility index (Phi) is 2.36. The van der Waals surface area contributed by atoms with E-state index >= 15 is 0 Å². The van der Waals surface area contributed by atoms with Crippen molar-refractivity contribution in [2.75, 3.05) is 0 Å². The van der Waals surface area contributed by atoms with Crippen LogP contribution in [0.2, 0.25) is 0 Å². The summed E-state index contributed by atoms with van der Waals surface area (Å²) >= 11 is 0. The third-order valence-electron chi connectivity index (χ3n) is 1.07. The van der Waals surface area contributed by atoms with Gasteiger partial charge in [-0.15, -0.1) is 0 Å². The zero-order chi connectivity index (χ0) is 9.19. The Bertz CT molecular complexity index is 349. The minimum Gasteiger partial charge on any atom is -0.283 e. The van der Waals surface area contributed by atoms with Crippen molar-refractivity contribution in [3.05, 3.63) is 24.3 Å². The molecule has 1 rings (SSSR count).